The molecule has 4 heterocycles. The van der Waals surface area contributed by atoms with Crippen LogP contribution in [0.5, 0.6) is 6.01 Å². The Kier molecular flexibility index (Phi) is 7.30. The fourth-order valence-electron chi connectivity index (χ4n) is 7.08. The number of aromatic nitrogens is 3. The Morgan fingerprint density at radius 3 is 2.67 bits per heavy atom. The molecule has 2 aromatic heterocycles. The van der Waals surface area contributed by atoms with Gasteiger partial charge in [0.1, 0.15) is 23.8 Å². The first-order valence-electron chi connectivity index (χ1n) is 14.7. The summed E-state index contributed by atoms with van der Waals surface area (Å²) < 4.78 is 87.1. The van der Waals surface area contributed by atoms with Crippen LogP contribution in [0.4, 0.5) is 32.9 Å². The van der Waals surface area contributed by atoms with Crippen LogP contribution in [0.25, 0.3) is 32.2 Å². The van der Waals surface area contributed by atoms with E-state index in [-0.39, 0.29) is 67.9 Å². The fraction of sp³-hybridized carbons (Fsp3) is 0.500. The van der Waals surface area contributed by atoms with E-state index in [4.69, 9.17) is 15.2 Å². The lowest BCUT2D eigenvalue weighted by molar-refractivity contribution is -0.137. The molecule has 1 saturated carbocycles. The molecule has 3 aliphatic rings. The number of fused-ring (bicyclic) bond motifs is 3. The van der Waals surface area contributed by atoms with E-state index in [0.29, 0.717) is 12.8 Å². The number of hydrogen-bond donors (Lipinski definition) is 2. The average Bonchev–Trinajstić information content (AvgIpc) is 3.66. The minimum Gasteiger partial charge on any atom is -0.461 e. The minimum absolute atomic E-state index is 0.0336. The van der Waals surface area contributed by atoms with E-state index in [1.165, 1.54) is 0 Å². The van der Waals surface area contributed by atoms with E-state index < -0.39 is 35.0 Å². The molecular formula is C30H31F5N6O3S. The molecule has 2 saturated heterocycles. The molecule has 2 aliphatic heterocycles. The van der Waals surface area contributed by atoms with E-state index in [1.54, 1.807) is 19.1 Å². The summed E-state index contributed by atoms with van der Waals surface area (Å²) in [6.07, 6.45) is -2.21. The lowest BCUT2D eigenvalue weighted by Crippen LogP contribution is -2.46. The number of hydrogen-bond acceptors (Lipinski definition) is 10. The number of nitrogens with two attached hydrogens (primary N) is 1. The average molecular weight is 651 g/mol. The van der Waals surface area contributed by atoms with Crippen LogP contribution >= 0.6 is 11.3 Å². The van der Waals surface area contributed by atoms with Gasteiger partial charge in [0.2, 0.25) is 0 Å². The Bertz CT molecular complexity index is 1800. The van der Waals surface area contributed by atoms with Crippen LogP contribution in [0.15, 0.2) is 18.2 Å². The molecule has 0 spiro atoms. The first kappa shape index (κ1) is 30.3. The van der Waals surface area contributed by atoms with Crippen molar-refractivity contribution in [3.8, 4) is 17.1 Å². The molecule has 9 nitrogen and oxygen atoms in total. The Hall–Kier alpha value is -3.40. The highest BCUT2D eigenvalue weighted by Crippen LogP contribution is 2.47. The maximum Gasteiger partial charge on any atom is 0.417 e. The number of benzene rings is 2. The van der Waals surface area contributed by atoms with Crippen molar-refractivity contribution in [1.82, 2.24) is 19.9 Å². The summed E-state index contributed by atoms with van der Waals surface area (Å²) in [5, 5.41) is 9.69. The topological polar surface area (TPSA) is 110 Å². The van der Waals surface area contributed by atoms with Crippen molar-refractivity contribution in [2.75, 3.05) is 44.5 Å². The molecule has 15 heteroatoms. The molecule has 3 fully saturated rings. The first-order chi connectivity index (χ1) is 21.4. The van der Waals surface area contributed by atoms with Gasteiger partial charge < -0.3 is 25.2 Å². The van der Waals surface area contributed by atoms with Crippen molar-refractivity contribution in [2.45, 2.75) is 62.1 Å². The van der Waals surface area contributed by atoms with E-state index in [9.17, 15) is 22.7 Å². The maximum absolute atomic E-state index is 16.7. The number of ether oxygens (including phenoxy) is 2. The van der Waals surface area contributed by atoms with Gasteiger partial charge >= 0.3 is 12.2 Å². The van der Waals surface area contributed by atoms with E-state index >= 15 is 4.39 Å². The Labute approximate surface area is 258 Å². The second kappa shape index (κ2) is 10.9. The molecular weight excluding hydrogens is 619 g/mol. The number of halogens is 5. The van der Waals surface area contributed by atoms with Gasteiger partial charge in [-0.25, -0.2) is 13.8 Å². The summed E-state index contributed by atoms with van der Waals surface area (Å²) in [6.45, 7) is 1.82. The number of rotatable bonds is 7. The first-order valence-corrected chi connectivity index (χ1v) is 15.5. The number of alkyl halides is 3. The molecule has 2 unspecified atom stereocenters. The number of aliphatic hydroxyl groups excluding tert-OH is 1. The molecule has 1 aliphatic carbocycles. The van der Waals surface area contributed by atoms with Crippen LogP contribution < -0.4 is 15.4 Å². The van der Waals surface area contributed by atoms with Crippen LogP contribution in [-0.2, 0) is 10.9 Å². The van der Waals surface area contributed by atoms with Gasteiger partial charge in [0.05, 0.1) is 33.5 Å². The van der Waals surface area contributed by atoms with Crippen molar-refractivity contribution < 1.29 is 36.5 Å². The number of aliphatic hydroxyl groups is 1. The number of thiazole rings is 1. The second-order valence-electron chi connectivity index (χ2n) is 12.2. The summed E-state index contributed by atoms with van der Waals surface area (Å²) in [5.74, 6) is -1.95. The SMILES string of the molecule is COC1CN2CCCC2(COc2nc(N(C)C3CC(O)C3)c3cc(C(F)(F)F)c(-c4ccc(F)c5sc(N)nc45)c(F)c3n2)C1. The van der Waals surface area contributed by atoms with Gasteiger partial charge in [0.25, 0.3) is 0 Å². The second-order valence-corrected chi connectivity index (χ2v) is 13.2. The third kappa shape index (κ3) is 5.04. The molecule has 3 N–H and O–H groups in total. The quantitative estimate of drug-likeness (QED) is 0.255. The molecule has 2 aromatic carbocycles. The maximum atomic E-state index is 16.7. The van der Waals surface area contributed by atoms with E-state index in [2.05, 4.69) is 19.9 Å². The van der Waals surface area contributed by atoms with Gasteiger partial charge in [0, 0.05) is 43.3 Å². The highest BCUT2D eigenvalue weighted by atomic mass is 32.1. The number of methoxy groups -OCH3 is 1. The molecule has 240 valence electrons. The van der Waals surface area contributed by atoms with Crippen molar-refractivity contribution in [1.29, 1.82) is 0 Å². The summed E-state index contributed by atoms with van der Waals surface area (Å²) >= 11 is 0.761. The number of nitrogen functional groups attached to an aromatic ring is 1. The van der Waals surface area contributed by atoms with Crippen molar-refractivity contribution in [2.24, 2.45) is 0 Å². The van der Waals surface area contributed by atoms with E-state index in [0.717, 1.165) is 61.9 Å². The van der Waals surface area contributed by atoms with Crippen LogP contribution in [0.2, 0.25) is 0 Å². The van der Waals surface area contributed by atoms with E-state index in [1.807, 2.05) is 0 Å². The Morgan fingerprint density at radius 1 is 1.18 bits per heavy atom. The monoisotopic (exact) mass is 650 g/mol. The normalized spacial score (nSPS) is 25.2. The predicted molar refractivity (Wildman–Crippen MR) is 159 cm³/mol. The molecule has 0 amide bonds. The largest absolute Gasteiger partial charge is 0.461 e. The van der Waals surface area contributed by atoms with Crippen molar-refractivity contribution in [3.63, 3.8) is 0 Å². The Morgan fingerprint density at radius 2 is 1.96 bits per heavy atom. The summed E-state index contributed by atoms with van der Waals surface area (Å²) in [5.41, 5.74) is 2.53. The zero-order valence-electron chi connectivity index (χ0n) is 24.5. The van der Waals surface area contributed by atoms with Gasteiger partial charge in [-0.3, -0.25) is 4.90 Å². The molecule has 0 radical (unpaired) electrons. The van der Waals surface area contributed by atoms with Crippen LogP contribution in [0.3, 0.4) is 0 Å². The Balaban J connectivity index is 1.40. The van der Waals surface area contributed by atoms with Crippen molar-refractivity contribution in [3.05, 3.63) is 35.4 Å². The zero-order chi connectivity index (χ0) is 31.8. The van der Waals surface area contributed by atoms with Gasteiger partial charge in [-0.1, -0.05) is 11.3 Å². The highest BCUT2D eigenvalue weighted by Gasteiger charge is 2.49. The standard InChI is InChI=1S/C30H31F5N6O3S/c1-40(14-8-15(42)9-14)26-18-10-19(30(33,34)35)21(17-4-5-20(31)25-24(17)37-27(36)45-25)22(32)23(18)38-28(39-26)44-13-29-6-3-7-41(29)12-16(11-29)43-2/h4-5,10,14-16,42H,3,6-9,11-13H2,1-2H3,(H2,36,37). The summed E-state index contributed by atoms with van der Waals surface area (Å²) in [7, 11) is 3.30. The summed E-state index contributed by atoms with van der Waals surface area (Å²) in [4.78, 5) is 16.8. The van der Waals surface area contributed by atoms with Gasteiger partial charge in [-0.05, 0) is 56.8 Å². The third-order valence-electron chi connectivity index (χ3n) is 9.52. The lowest BCUT2D eigenvalue weighted by Gasteiger charge is -2.39. The lowest BCUT2D eigenvalue weighted by atomic mass is 9.88. The van der Waals surface area contributed by atoms with Gasteiger partial charge in [0.15, 0.2) is 10.9 Å². The fourth-order valence-corrected chi connectivity index (χ4v) is 7.84. The minimum atomic E-state index is -5.00. The molecule has 2 atom stereocenters. The summed E-state index contributed by atoms with van der Waals surface area (Å²) in [6, 6.07) is 2.44. The van der Waals surface area contributed by atoms with Gasteiger partial charge in [-0.15, -0.1) is 0 Å². The number of nitrogens with zero attached hydrogens (tertiary/aromatic N) is 5. The smallest absolute Gasteiger partial charge is 0.417 e. The predicted octanol–water partition coefficient (Wildman–Crippen LogP) is 5.38. The third-order valence-corrected chi connectivity index (χ3v) is 10.4. The van der Waals surface area contributed by atoms with Crippen LogP contribution in [-0.4, -0.2) is 82.6 Å². The molecule has 0 bridgehead atoms. The number of anilines is 2. The van der Waals surface area contributed by atoms with Crippen LogP contribution in [0.1, 0.15) is 37.7 Å². The van der Waals surface area contributed by atoms with Crippen LogP contribution in [0, 0.1) is 11.6 Å². The molecule has 45 heavy (non-hydrogen) atoms. The zero-order valence-corrected chi connectivity index (χ0v) is 25.3. The van der Waals surface area contributed by atoms with Gasteiger partial charge in [-0.2, -0.15) is 23.1 Å². The van der Waals surface area contributed by atoms with Crippen molar-refractivity contribution >= 4 is 43.4 Å². The molecule has 7 rings (SSSR count). The highest BCUT2D eigenvalue weighted by molar-refractivity contribution is 7.22. The molecule has 4 aromatic rings.